The summed E-state index contributed by atoms with van der Waals surface area (Å²) in [4.78, 5) is 36.5. The Morgan fingerprint density at radius 2 is 1.68 bits per heavy atom. The summed E-state index contributed by atoms with van der Waals surface area (Å²) in [5, 5.41) is 14.9. The second-order valence-corrected chi connectivity index (χ2v) is 9.39. The molecule has 180 valence electrons. The molecule has 2 aliphatic rings. The summed E-state index contributed by atoms with van der Waals surface area (Å²) >= 11 is 0. The first-order valence-corrected chi connectivity index (χ1v) is 12.0. The van der Waals surface area contributed by atoms with Crippen LogP contribution in [0.5, 0.6) is 0 Å². The van der Waals surface area contributed by atoms with Crippen molar-refractivity contribution in [3.05, 3.63) is 59.7 Å². The van der Waals surface area contributed by atoms with Crippen molar-refractivity contribution in [1.82, 2.24) is 10.6 Å². The van der Waals surface area contributed by atoms with E-state index in [0.717, 1.165) is 24.0 Å². The number of hydrogen-bond donors (Lipinski definition) is 3. The van der Waals surface area contributed by atoms with Crippen LogP contribution in [-0.4, -0.2) is 41.8 Å². The number of ether oxygens (including phenoxy) is 1. The molecule has 0 aliphatic heterocycles. The zero-order valence-corrected chi connectivity index (χ0v) is 19.5. The molecule has 2 aromatic carbocycles. The molecule has 1 unspecified atom stereocenters. The largest absolute Gasteiger partial charge is 0.481 e. The number of alkyl carbamates (subject to hydrolysis) is 1. The van der Waals surface area contributed by atoms with Gasteiger partial charge in [0.2, 0.25) is 5.91 Å². The summed E-state index contributed by atoms with van der Waals surface area (Å²) in [5.74, 6) is -1.77. The summed E-state index contributed by atoms with van der Waals surface area (Å²) < 4.78 is 5.65. The van der Waals surface area contributed by atoms with Crippen molar-refractivity contribution in [3.8, 4) is 11.1 Å². The molecule has 0 saturated heterocycles. The summed E-state index contributed by atoms with van der Waals surface area (Å²) in [5.41, 5.74) is 4.00. The van der Waals surface area contributed by atoms with Gasteiger partial charge in [0.25, 0.3) is 0 Å². The molecule has 34 heavy (non-hydrogen) atoms. The lowest BCUT2D eigenvalue weighted by atomic mass is 9.74. The van der Waals surface area contributed by atoms with Gasteiger partial charge in [-0.1, -0.05) is 61.9 Å². The van der Waals surface area contributed by atoms with Gasteiger partial charge in [-0.15, -0.1) is 0 Å². The minimum Gasteiger partial charge on any atom is -0.481 e. The molecule has 0 bridgehead atoms. The lowest BCUT2D eigenvalue weighted by molar-refractivity contribution is -0.142. The Morgan fingerprint density at radius 3 is 2.21 bits per heavy atom. The van der Waals surface area contributed by atoms with Crippen molar-refractivity contribution < 1.29 is 24.2 Å². The Hall–Kier alpha value is -3.35. The van der Waals surface area contributed by atoms with Crippen LogP contribution in [0.25, 0.3) is 11.1 Å². The Morgan fingerprint density at radius 1 is 1.06 bits per heavy atom. The van der Waals surface area contributed by atoms with Gasteiger partial charge in [-0.05, 0) is 47.9 Å². The van der Waals surface area contributed by atoms with Crippen LogP contribution in [0.2, 0.25) is 0 Å². The number of hydrogen-bond acceptors (Lipinski definition) is 4. The van der Waals surface area contributed by atoms with Gasteiger partial charge in [0.1, 0.15) is 6.61 Å². The molecule has 3 N–H and O–H groups in total. The predicted octanol–water partition coefficient (Wildman–Crippen LogP) is 4.46. The van der Waals surface area contributed by atoms with Gasteiger partial charge < -0.3 is 20.5 Å². The van der Waals surface area contributed by atoms with E-state index in [0.29, 0.717) is 19.3 Å². The van der Waals surface area contributed by atoms with Crippen LogP contribution >= 0.6 is 0 Å². The fourth-order valence-electron chi connectivity index (χ4n) is 5.07. The highest BCUT2D eigenvalue weighted by atomic mass is 16.5. The number of carbonyl (C=O) groups is 3. The average Bonchev–Trinajstić information content (AvgIpc) is 3.12. The maximum atomic E-state index is 12.7. The molecular formula is C27H32N2O5. The number of nitrogens with one attached hydrogen (secondary N) is 2. The zero-order chi connectivity index (χ0) is 24.1. The van der Waals surface area contributed by atoms with Crippen LogP contribution in [-0.2, 0) is 14.3 Å². The van der Waals surface area contributed by atoms with Gasteiger partial charge in [0, 0.05) is 18.9 Å². The lowest BCUT2D eigenvalue weighted by Crippen LogP contribution is -2.56. The Bertz CT molecular complexity index is 1020. The highest BCUT2D eigenvalue weighted by Crippen LogP contribution is 2.44. The SMILES string of the molecule is CCCC(CNC(=O)CC1(NC(=O)OCC2c3ccccc3-c3ccccc32)CCC1)C(=O)O. The Kier molecular flexibility index (Phi) is 7.20. The van der Waals surface area contributed by atoms with Gasteiger partial charge in [0.05, 0.1) is 11.5 Å². The van der Waals surface area contributed by atoms with Gasteiger partial charge >= 0.3 is 12.1 Å². The number of benzene rings is 2. The number of aliphatic carboxylic acids is 1. The highest BCUT2D eigenvalue weighted by Gasteiger charge is 2.41. The second kappa shape index (κ2) is 10.3. The first-order valence-electron chi connectivity index (χ1n) is 12.0. The second-order valence-electron chi connectivity index (χ2n) is 9.39. The van der Waals surface area contributed by atoms with E-state index >= 15 is 0 Å². The maximum absolute atomic E-state index is 12.7. The maximum Gasteiger partial charge on any atom is 0.407 e. The van der Waals surface area contributed by atoms with E-state index in [9.17, 15) is 19.5 Å². The molecule has 7 heteroatoms. The third-order valence-corrected chi connectivity index (χ3v) is 7.05. The van der Waals surface area contributed by atoms with E-state index in [1.54, 1.807) is 0 Å². The number of carboxylic acid groups (broad SMARTS) is 1. The van der Waals surface area contributed by atoms with E-state index in [1.807, 2.05) is 31.2 Å². The fraction of sp³-hybridized carbons (Fsp3) is 0.444. The summed E-state index contributed by atoms with van der Waals surface area (Å²) in [6, 6.07) is 16.3. The molecule has 2 aromatic rings. The lowest BCUT2D eigenvalue weighted by Gasteiger charge is -2.41. The van der Waals surface area contributed by atoms with Crippen LogP contribution in [0.15, 0.2) is 48.5 Å². The number of carbonyl (C=O) groups excluding carboxylic acids is 2. The first-order chi connectivity index (χ1) is 16.4. The van der Waals surface area contributed by atoms with Gasteiger partial charge in [-0.2, -0.15) is 0 Å². The van der Waals surface area contributed by atoms with E-state index < -0.39 is 23.5 Å². The minimum atomic E-state index is -0.905. The molecular weight excluding hydrogens is 432 g/mol. The number of rotatable bonds is 10. The third-order valence-electron chi connectivity index (χ3n) is 7.05. The standard InChI is InChI=1S/C27H32N2O5/c1-2-8-18(25(31)32)16-28-24(30)15-27(13-7-14-27)29-26(33)34-17-23-21-11-5-3-9-19(21)20-10-4-6-12-22(20)23/h3-6,9-12,18,23H,2,7-8,13-17H2,1H3,(H,28,30)(H,29,33)(H,31,32). The van der Waals surface area contributed by atoms with E-state index in [2.05, 4.69) is 34.9 Å². The number of fused-ring (bicyclic) bond motifs is 3. The van der Waals surface area contributed by atoms with Gasteiger partial charge in [-0.25, -0.2) is 4.79 Å². The zero-order valence-electron chi connectivity index (χ0n) is 19.5. The topological polar surface area (TPSA) is 105 Å². The van der Waals surface area contributed by atoms with Crippen molar-refractivity contribution in [1.29, 1.82) is 0 Å². The van der Waals surface area contributed by atoms with E-state index in [1.165, 1.54) is 11.1 Å². The molecule has 0 aromatic heterocycles. The average molecular weight is 465 g/mol. The van der Waals surface area contributed by atoms with Crippen molar-refractivity contribution in [3.63, 3.8) is 0 Å². The smallest absolute Gasteiger partial charge is 0.407 e. The van der Waals surface area contributed by atoms with Crippen molar-refractivity contribution in [2.24, 2.45) is 5.92 Å². The van der Waals surface area contributed by atoms with Crippen molar-refractivity contribution in [2.75, 3.05) is 13.2 Å². The highest BCUT2D eigenvalue weighted by molar-refractivity contribution is 5.81. The van der Waals surface area contributed by atoms with Gasteiger partial charge in [0.15, 0.2) is 0 Å². The quantitative estimate of drug-likeness (QED) is 0.482. The van der Waals surface area contributed by atoms with Crippen molar-refractivity contribution >= 4 is 18.0 Å². The molecule has 2 amide bonds. The Labute approximate surface area is 199 Å². The summed E-state index contributed by atoms with van der Waals surface area (Å²) in [6.45, 7) is 2.24. The van der Waals surface area contributed by atoms with Crippen molar-refractivity contribution in [2.45, 2.75) is 56.9 Å². The number of amides is 2. The normalized spacial score (nSPS) is 16.5. The molecule has 4 rings (SSSR count). The Balaban J connectivity index is 1.33. The van der Waals surface area contributed by atoms with Crippen LogP contribution in [0, 0.1) is 5.92 Å². The summed E-state index contributed by atoms with van der Waals surface area (Å²) in [7, 11) is 0. The summed E-state index contributed by atoms with van der Waals surface area (Å²) in [6.07, 6.45) is 3.16. The third kappa shape index (κ3) is 5.08. The van der Waals surface area contributed by atoms with Crippen LogP contribution in [0.4, 0.5) is 4.79 Å². The molecule has 0 radical (unpaired) electrons. The fourth-order valence-corrected chi connectivity index (χ4v) is 5.07. The molecule has 1 saturated carbocycles. The predicted molar refractivity (Wildman–Crippen MR) is 128 cm³/mol. The molecule has 7 nitrogen and oxygen atoms in total. The van der Waals surface area contributed by atoms with Crippen LogP contribution in [0.3, 0.4) is 0 Å². The molecule has 2 aliphatic carbocycles. The van der Waals surface area contributed by atoms with E-state index in [-0.39, 0.29) is 31.4 Å². The van der Waals surface area contributed by atoms with Crippen LogP contribution < -0.4 is 10.6 Å². The molecule has 1 fully saturated rings. The molecule has 0 heterocycles. The minimum absolute atomic E-state index is 0.0229. The molecule has 0 spiro atoms. The number of carboxylic acids is 1. The van der Waals surface area contributed by atoms with Gasteiger partial charge in [-0.3, -0.25) is 9.59 Å². The van der Waals surface area contributed by atoms with E-state index in [4.69, 9.17) is 4.74 Å². The first kappa shape index (κ1) is 23.8. The van der Waals surface area contributed by atoms with Crippen LogP contribution in [0.1, 0.15) is 62.5 Å². The monoisotopic (exact) mass is 464 g/mol. The molecule has 1 atom stereocenters.